The van der Waals surface area contributed by atoms with Gasteiger partial charge in [0.05, 0.1) is 5.56 Å². The van der Waals surface area contributed by atoms with Gasteiger partial charge in [0, 0.05) is 24.1 Å². The van der Waals surface area contributed by atoms with Crippen LogP contribution in [-0.4, -0.2) is 22.8 Å². The molecule has 2 N–H and O–H groups in total. The van der Waals surface area contributed by atoms with Crippen LogP contribution in [0.25, 0.3) is 0 Å². The van der Waals surface area contributed by atoms with Gasteiger partial charge < -0.3 is 10.4 Å². The number of aryl methyl sites for hydroxylation is 2. The Labute approximate surface area is 140 Å². The van der Waals surface area contributed by atoms with Crippen molar-refractivity contribution >= 4 is 23.3 Å². The van der Waals surface area contributed by atoms with Crippen LogP contribution < -0.4 is 5.32 Å². The van der Waals surface area contributed by atoms with E-state index in [0.29, 0.717) is 11.3 Å². The predicted molar refractivity (Wildman–Crippen MR) is 91.5 cm³/mol. The highest BCUT2D eigenvalue weighted by molar-refractivity contribution is 6.01. The van der Waals surface area contributed by atoms with Crippen molar-refractivity contribution in [3.05, 3.63) is 64.7 Å². The van der Waals surface area contributed by atoms with Crippen molar-refractivity contribution in [3.8, 4) is 0 Å². The molecular formula is C19H19NO4. The average Bonchev–Trinajstić information content (AvgIpc) is 2.55. The first kappa shape index (κ1) is 17.4. The van der Waals surface area contributed by atoms with Gasteiger partial charge in [0.25, 0.3) is 0 Å². The van der Waals surface area contributed by atoms with Crippen molar-refractivity contribution < 1.29 is 19.5 Å². The van der Waals surface area contributed by atoms with Gasteiger partial charge in [-0.2, -0.15) is 0 Å². The van der Waals surface area contributed by atoms with Crippen LogP contribution in [0.5, 0.6) is 0 Å². The molecule has 0 saturated carbocycles. The lowest BCUT2D eigenvalue weighted by molar-refractivity contribution is -0.116. The normalized spacial score (nSPS) is 10.2. The molecule has 0 bridgehead atoms. The maximum absolute atomic E-state index is 12.2. The van der Waals surface area contributed by atoms with E-state index < -0.39 is 5.97 Å². The van der Waals surface area contributed by atoms with Crippen molar-refractivity contribution in [2.45, 2.75) is 26.7 Å². The van der Waals surface area contributed by atoms with E-state index in [9.17, 15) is 14.4 Å². The minimum atomic E-state index is -1.02. The molecule has 2 rings (SSSR count). The fourth-order valence-corrected chi connectivity index (χ4v) is 2.32. The summed E-state index contributed by atoms with van der Waals surface area (Å²) in [6.07, 6.45) is 0.205. The molecule has 124 valence electrons. The van der Waals surface area contributed by atoms with Crippen LogP contribution in [0.3, 0.4) is 0 Å². The summed E-state index contributed by atoms with van der Waals surface area (Å²) in [6.45, 7) is 3.79. The van der Waals surface area contributed by atoms with Gasteiger partial charge in [-0.1, -0.05) is 17.7 Å². The summed E-state index contributed by atoms with van der Waals surface area (Å²) in [6, 6.07) is 11.5. The van der Waals surface area contributed by atoms with E-state index in [1.54, 1.807) is 0 Å². The second-order valence-electron chi connectivity index (χ2n) is 5.67. The van der Waals surface area contributed by atoms with E-state index in [-0.39, 0.29) is 30.1 Å². The lowest BCUT2D eigenvalue weighted by Crippen LogP contribution is -2.14. The lowest BCUT2D eigenvalue weighted by atomic mass is 9.99. The molecule has 2 aromatic rings. The Morgan fingerprint density at radius 3 is 2.25 bits per heavy atom. The van der Waals surface area contributed by atoms with Gasteiger partial charge in [0.1, 0.15) is 0 Å². The summed E-state index contributed by atoms with van der Waals surface area (Å²) >= 11 is 0. The third-order valence-corrected chi connectivity index (χ3v) is 3.69. The summed E-state index contributed by atoms with van der Waals surface area (Å²) in [5.74, 6) is -1.36. The highest BCUT2D eigenvalue weighted by Crippen LogP contribution is 2.15. The molecule has 0 saturated heterocycles. The monoisotopic (exact) mass is 325 g/mol. The molecule has 0 heterocycles. The first-order chi connectivity index (χ1) is 11.4. The van der Waals surface area contributed by atoms with E-state index in [1.165, 1.54) is 24.3 Å². The third-order valence-electron chi connectivity index (χ3n) is 3.69. The number of amides is 1. The highest BCUT2D eigenvalue weighted by Gasteiger charge is 2.12. The van der Waals surface area contributed by atoms with Gasteiger partial charge >= 0.3 is 5.97 Å². The Morgan fingerprint density at radius 2 is 1.62 bits per heavy atom. The molecule has 0 fully saturated rings. The first-order valence-electron chi connectivity index (χ1n) is 7.60. The lowest BCUT2D eigenvalue weighted by Gasteiger charge is -2.07. The van der Waals surface area contributed by atoms with Crippen LogP contribution in [0.1, 0.15) is 44.7 Å². The average molecular weight is 325 g/mol. The molecule has 0 unspecified atom stereocenters. The summed E-state index contributed by atoms with van der Waals surface area (Å²) in [4.78, 5) is 35.0. The Bertz CT molecular complexity index is 778. The van der Waals surface area contributed by atoms with Gasteiger partial charge in [-0.25, -0.2) is 4.79 Å². The SMILES string of the molecule is Cc1ccc(C)c(C(=O)CCC(=O)Nc2ccc(C(=O)O)cc2)c1. The summed E-state index contributed by atoms with van der Waals surface area (Å²) < 4.78 is 0. The molecular weight excluding hydrogens is 306 g/mol. The number of Topliss-reactive ketones (excluding diaryl/α,β-unsaturated/α-hetero) is 1. The van der Waals surface area contributed by atoms with Crippen LogP contribution in [0, 0.1) is 13.8 Å². The summed E-state index contributed by atoms with van der Waals surface area (Å²) in [7, 11) is 0. The topological polar surface area (TPSA) is 83.5 Å². The molecule has 0 aliphatic rings. The number of benzene rings is 2. The fourth-order valence-electron chi connectivity index (χ4n) is 2.32. The Kier molecular flexibility index (Phi) is 5.47. The van der Waals surface area contributed by atoms with E-state index in [0.717, 1.165) is 11.1 Å². The maximum Gasteiger partial charge on any atom is 0.335 e. The van der Waals surface area contributed by atoms with Crippen LogP contribution >= 0.6 is 0 Å². The van der Waals surface area contributed by atoms with Gasteiger partial charge in [0.15, 0.2) is 5.78 Å². The molecule has 0 aromatic heterocycles. The van der Waals surface area contributed by atoms with Crippen molar-refractivity contribution in [2.75, 3.05) is 5.32 Å². The second kappa shape index (κ2) is 7.55. The molecule has 5 heteroatoms. The molecule has 0 spiro atoms. The third kappa shape index (κ3) is 4.52. The molecule has 5 nitrogen and oxygen atoms in total. The molecule has 0 atom stereocenters. The van der Waals surface area contributed by atoms with Crippen molar-refractivity contribution in [3.63, 3.8) is 0 Å². The number of aromatic carboxylic acids is 1. The number of carbonyl (C=O) groups is 3. The standard InChI is InChI=1S/C19H19NO4/c1-12-3-4-13(2)16(11-12)17(21)9-10-18(22)20-15-7-5-14(6-8-15)19(23)24/h3-8,11H,9-10H2,1-2H3,(H,20,22)(H,23,24). The molecule has 0 aliphatic carbocycles. The Balaban J connectivity index is 1.92. The van der Waals surface area contributed by atoms with E-state index in [4.69, 9.17) is 5.11 Å². The van der Waals surface area contributed by atoms with E-state index in [2.05, 4.69) is 5.32 Å². The van der Waals surface area contributed by atoms with Crippen LogP contribution in [0.4, 0.5) is 5.69 Å². The van der Waals surface area contributed by atoms with E-state index >= 15 is 0 Å². The van der Waals surface area contributed by atoms with Crippen LogP contribution in [0.15, 0.2) is 42.5 Å². The number of ketones is 1. The van der Waals surface area contributed by atoms with Crippen LogP contribution in [-0.2, 0) is 4.79 Å². The zero-order valence-electron chi connectivity index (χ0n) is 13.6. The summed E-state index contributed by atoms with van der Waals surface area (Å²) in [5.41, 5.74) is 3.21. The van der Waals surface area contributed by atoms with Crippen molar-refractivity contribution in [1.29, 1.82) is 0 Å². The Morgan fingerprint density at radius 1 is 0.958 bits per heavy atom. The molecule has 1 amide bonds. The minimum Gasteiger partial charge on any atom is -0.478 e. The van der Waals surface area contributed by atoms with Crippen LogP contribution in [0.2, 0.25) is 0 Å². The van der Waals surface area contributed by atoms with Crippen molar-refractivity contribution in [1.82, 2.24) is 0 Å². The number of rotatable bonds is 6. The van der Waals surface area contributed by atoms with Gasteiger partial charge in [0.2, 0.25) is 5.91 Å². The minimum absolute atomic E-state index is 0.0624. The van der Waals surface area contributed by atoms with E-state index in [1.807, 2.05) is 32.0 Å². The van der Waals surface area contributed by atoms with Gasteiger partial charge in [-0.15, -0.1) is 0 Å². The fraction of sp³-hybridized carbons (Fsp3) is 0.211. The first-order valence-corrected chi connectivity index (χ1v) is 7.60. The number of hydrogen-bond donors (Lipinski definition) is 2. The predicted octanol–water partition coefficient (Wildman–Crippen LogP) is 3.60. The number of carbonyl (C=O) groups excluding carboxylic acids is 2. The van der Waals surface area contributed by atoms with Gasteiger partial charge in [-0.3, -0.25) is 9.59 Å². The zero-order chi connectivity index (χ0) is 17.7. The number of anilines is 1. The van der Waals surface area contributed by atoms with Gasteiger partial charge in [-0.05, 0) is 49.7 Å². The second-order valence-corrected chi connectivity index (χ2v) is 5.67. The molecule has 0 radical (unpaired) electrons. The molecule has 24 heavy (non-hydrogen) atoms. The maximum atomic E-state index is 12.2. The summed E-state index contributed by atoms with van der Waals surface area (Å²) in [5, 5.41) is 11.5. The smallest absolute Gasteiger partial charge is 0.335 e. The quantitative estimate of drug-likeness (QED) is 0.795. The number of carboxylic acids is 1. The molecule has 2 aromatic carbocycles. The van der Waals surface area contributed by atoms with Crippen molar-refractivity contribution in [2.24, 2.45) is 0 Å². The largest absolute Gasteiger partial charge is 0.478 e. The number of nitrogens with one attached hydrogen (secondary N) is 1. The Hall–Kier alpha value is -2.95. The molecule has 0 aliphatic heterocycles. The highest BCUT2D eigenvalue weighted by atomic mass is 16.4. The number of hydrogen-bond acceptors (Lipinski definition) is 3. The zero-order valence-corrected chi connectivity index (χ0v) is 13.6. The number of carboxylic acid groups (broad SMARTS) is 1.